The minimum Gasteiger partial charge on any atom is -0.444 e. The van der Waals surface area contributed by atoms with Crippen LogP contribution in [0.25, 0.3) is 0 Å². The van der Waals surface area contributed by atoms with E-state index in [1.807, 2.05) is 0 Å². The summed E-state index contributed by atoms with van der Waals surface area (Å²) in [6, 6.07) is 5.41. The second-order valence-electron chi connectivity index (χ2n) is 9.32. The van der Waals surface area contributed by atoms with E-state index in [0.717, 1.165) is 23.2 Å². The van der Waals surface area contributed by atoms with E-state index in [4.69, 9.17) is 4.74 Å². The molecule has 1 fully saturated rings. The van der Waals surface area contributed by atoms with Gasteiger partial charge >= 0.3 is 12.5 Å². The van der Waals surface area contributed by atoms with Crippen LogP contribution >= 0.6 is 0 Å². The summed E-state index contributed by atoms with van der Waals surface area (Å²) >= 11 is 0. The highest BCUT2D eigenvalue weighted by Gasteiger charge is 2.42. The summed E-state index contributed by atoms with van der Waals surface area (Å²) < 4.78 is 74.8. The first-order valence-corrected chi connectivity index (χ1v) is 11.2. The number of ether oxygens (including phenoxy) is 2. The van der Waals surface area contributed by atoms with E-state index in [1.54, 1.807) is 20.8 Å². The van der Waals surface area contributed by atoms with Crippen LogP contribution in [0.15, 0.2) is 36.5 Å². The van der Waals surface area contributed by atoms with E-state index in [0.29, 0.717) is 0 Å². The first-order chi connectivity index (χ1) is 17.1. The van der Waals surface area contributed by atoms with Gasteiger partial charge < -0.3 is 25.0 Å². The Morgan fingerprint density at radius 3 is 2.57 bits per heavy atom. The van der Waals surface area contributed by atoms with Gasteiger partial charge in [-0.15, -0.1) is 13.2 Å². The molecule has 0 radical (unpaired) electrons. The molecule has 0 aromatic carbocycles. The summed E-state index contributed by atoms with van der Waals surface area (Å²) in [5.74, 6) is -4.47. The molecule has 0 saturated carbocycles. The maximum Gasteiger partial charge on any atom is 0.573 e. The third-order valence-electron chi connectivity index (χ3n) is 5.02. The van der Waals surface area contributed by atoms with Crippen molar-refractivity contribution in [3.05, 3.63) is 42.2 Å². The lowest BCUT2D eigenvalue weighted by Crippen LogP contribution is -2.55. The van der Waals surface area contributed by atoms with Crippen molar-refractivity contribution in [2.75, 3.05) is 18.4 Å². The quantitative estimate of drug-likeness (QED) is 0.512. The molecular formula is C23H26F5N5O4. The molecule has 9 nitrogen and oxygen atoms in total. The van der Waals surface area contributed by atoms with Gasteiger partial charge in [0.05, 0.1) is 12.6 Å². The highest BCUT2D eigenvalue weighted by atomic mass is 19.4. The van der Waals surface area contributed by atoms with Crippen molar-refractivity contribution in [3.8, 4) is 5.75 Å². The van der Waals surface area contributed by atoms with Crippen LogP contribution in [0.5, 0.6) is 5.75 Å². The van der Waals surface area contributed by atoms with E-state index in [1.165, 1.54) is 18.2 Å². The van der Waals surface area contributed by atoms with Gasteiger partial charge in [0.15, 0.2) is 0 Å². The molecule has 14 heteroatoms. The highest BCUT2D eigenvalue weighted by Crippen LogP contribution is 2.31. The minimum absolute atomic E-state index is 0.0368. The predicted octanol–water partition coefficient (Wildman–Crippen LogP) is 4.88. The zero-order valence-corrected chi connectivity index (χ0v) is 20.2. The second-order valence-corrected chi connectivity index (χ2v) is 9.32. The second kappa shape index (κ2) is 10.7. The highest BCUT2D eigenvalue weighted by molar-refractivity contribution is 5.93. The van der Waals surface area contributed by atoms with Crippen molar-refractivity contribution in [2.45, 2.75) is 57.5 Å². The number of alkyl halides is 5. The van der Waals surface area contributed by atoms with Crippen molar-refractivity contribution in [1.82, 2.24) is 20.2 Å². The maximum absolute atomic E-state index is 14.2. The Labute approximate surface area is 209 Å². The Hall–Kier alpha value is -3.71. The van der Waals surface area contributed by atoms with Gasteiger partial charge in [-0.25, -0.2) is 23.5 Å². The van der Waals surface area contributed by atoms with E-state index >= 15 is 0 Å². The molecule has 3 rings (SSSR count). The standard InChI is InChI=1S/C23H26F5N5O4/c1-21(2,3)37-20(35)30-12-14-7-9-22(24,25)13-33(14)19(34)16-5-4-6-17(31-16)32-18-11-15(8-10-29-18)36-23(26,27)28/h4-6,8,10-11,14H,7,9,12-13H2,1-3H3,(H,30,35)(H,29,31,32). The van der Waals surface area contributed by atoms with Crippen molar-refractivity contribution in [2.24, 2.45) is 0 Å². The molecule has 2 aromatic heterocycles. The number of carbonyl (C=O) groups excluding carboxylic acids is 2. The van der Waals surface area contributed by atoms with Crippen molar-refractivity contribution in [3.63, 3.8) is 0 Å². The average molecular weight is 531 g/mol. The normalized spacial score (nSPS) is 17.6. The van der Waals surface area contributed by atoms with E-state index in [2.05, 4.69) is 25.3 Å². The molecule has 1 saturated heterocycles. The number of likely N-dealkylation sites (tertiary alicyclic amines) is 1. The van der Waals surface area contributed by atoms with Gasteiger partial charge in [-0.3, -0.25) is 4.79 Å². The number of piperidine rings is 1. The number of alkyl carbamates (subject to hydrolysis) is 1. The zero-order chi connectivity index (χ0) is 27.4. The fourth-order valence-corrected chi connectivity index (χ4v) is 3.53. The van der Waals surface area contributed by atoms with E-state index in [9.17, 15) is 31.5 Å². The van der Waals surface area contributed by atoms with Gasteiger partial charge in [0.1, 0.15) is 28.7 Å². The Morgan fingerprint density at radius 1 is 1.16 bits per heavy atom. The Kier molecular flexibility index (Phi) is 8.08. The number of halogens is 5. The molecule has 202 valence electrons. The Morgan fingerprint density at radius 2 is 1.89 bits per heavy atom. The summed E-state index contributed by atoms with van der Waals surface area (Å²) in [5, 5.41) is 5.16. The zero-order valence-electron chi connectivity index (χ0n) is 20.2. The van der Waals surface area contributed by atoms with Crippen molar-refractivity contribution in [1.29, 1.82) is 0 Å². The van der Waals surface area contributed by atoms with Crippen LogP contribution in [0.4, 0.5) is 38.4 Å². The largest absolute Gasteiger partial charge is 0.573 e. The number of nitrogens with zero attached hydrogens (tertiary/aromatic N) is 3. The molecule has 3 heterocycles. The topological polar surface area (TPSA) is 106 Å². The molecule has 1 aliphatic heterocycles. The SMILES string of the molecule is CC(C)(C)OC(=O)NCC1CCC(F)(F)CN1C(=O)c1cccc(Nc2cc(OC(F)(F)F)ccn2)n1. The molecule has 2 aromatic rings. The fraction of sp³-hybridized carbons (Fsp3) is 0.478. The Bertz CT molecular complexity index is 1120. The summed E-state index contributed by atoms with van der Waals surface area (Å²) in [7, 11) is 0. The smallest absolute Gasteiger partial charge is 0.444 e. The molecule has 0 aliphatic carbocycles. The molecule has 37 heavy (non-hydrogen) atoms. The number of anilines is 2. The van der Waals surface area contributed by atoms with Crippen LogP contribution < -0.4 is 15.4 Å². The summed E-state index contributed by atoms with van der Waals surface area (Å²) in [4.78, 5) is 34.1. The number of amides is 2. The first-order valence-electron chi connectivity index (χ1n) is 11.2. The third kappa shape index (κ3) is 8.72. The van der Waals surface area contributed by atoms with Gasteiger partial charge in [0.2, 0.25) is 0 Å². The van der Waals surface area contributed by atoms with E-state index in [-0.39, 0.29) is 30.3 Å². The molecule has 2 amide bonds. The van der Waals surface area contributed by atoms with Crippen molar-refractivity contribution < 1.29 is 41.0 Å². The maximum atomic E-state index is 14.2. The Balaban J connectivity index is 1.74. The number of nitrogens with one attached hydrogen (secondary N) is 2. The molecule has 1 aliphatic rings. The number of carbonyl (C=O) groups is 2. The minimum atomic E-state index is -4.89. The third-order valence-corrected chi connectivity index (χ3v) is 5.02. The average Bonchev–Trinajstić information content (AvgIpc) is 2.75. The first kappa shape index (κ1) is 27.9. The lowest BCUT2D eigenvalue weighted by Gasteiger charge is -2.39. The van der Waals surface area contributed by atoms with Crippen LogP contribution in [-0.2, 0) is 4.74 Å². The lowest BCUT2D eigenvalue weighted by molar-refractivity contribution is -0.274. The van der Waals surface area contributed by atoms with Gasteiger partial charge in [-0.2, -0.15) is 0 Å². The fourth-order valence-electron chi connectivity index (χ4n) is 3.53. The molecule has 1 atom stereocenters. The van der Waals surface area contributed by atoms with E-state index < -0.39 is 54.6 Å². The van der Waals surface area contributed by atoms with Crippen LogP contribution in [-0.4, -0.2) is 63.9 Å². The number of hydrogen-bond acceptors (Lipinski definition) is 7. The summed E-state index contributed by atoms with van der Waals surface area (Å²) in [6.07, 6.45) is -5.09. The molecule has 1 unspecified atom stereocenters. The molecule has 0 bridgehead atoms. The number of rotatable bonds is 6. The van der Waals surface area contributed by atoms with Gasteiger partial charge in [-0.05, 0) is 45.4 Å². The number of aromatic nitrogens is 2. The number of pyridine rings is 2. The van der Waals surface area contributed by atoms with Crippen LogP contribution in [0.2, 0.25) is 0 Å². The molecule has 0 spiro atoms. The van der Waals surface area contributed by atoms with Gasteiger partial charge in [0.25, 0.3) is 11.8 Å². The van der Waals surface area contributed by atoms with Gasteiger partial charge in [0, 0.05) is 25.2 Å². The molecular weight excluding hydrogens is 505 g/mol. The summed E-state index contributed by atoms with van der Waals surface area (Å²) in [5.41, 5.74) is -0.947. The van der Waals surface area contributed by atoms with Crippen LogP contribution in [0.3, 0.4) is 0 Å². The van der Waals surface area contributed by atoms with Crippen molar-refractivity contribution >= 4 is 23.6 Å². The summed E-state index contributed by atoms with van der Waals surface area (Å²) in [6.45, 7) is 4.04. The number of hydrogen-bond donors (Lipinski definition) is 2. The van der Waals surface area contributed by atoms with Crippen LogP contribution in [0, 0.1) is 0 Å². The monoisotopic (exact) mass is 531 g/mol. The van der Waals surface area contributed by atoms with Crippen LogP contribution in [0.1, 0.15) is 44.1 Å². The lowest BCUT2D eigenvalue weighted by atomic mass is 9.98. The predicted molar refractivity (Wildman–Crippen MR) is 122 cm³/mol. The molecule has 2 N–H and O–H groups in total. The van der Waals surface area contributed by atoms with Gasteiger partial charge in [-0.1, -0.05) is 6.07 Å².